The fourth-order valence-corrected chi connectivity index (χ4v) is 5.51. The van der Waals surface area contributed by atoms with E-state index in [2.05, 4.69) is 38.1 Å². The van der Waals surface area contributed by atoms with Crippen molar-refractivity contribution in [2.24, 2.45) is 0 Å². The Bertz CT molecular complexity index is 1210. The summed E-state index contributed by atoms with van der Waals surface area (Å²) in [5.41, 5.74) is 2.72. The van der Waals surface area contributed by atoms with Crippen LogP contribution in [0, 0.1) is 13.8 Å². The molecule has 8 heteroatoms. The quantitative estimate of drug-likeness (QED) is 0.456. The highest BCUT2D eigenvalue weighted by molar-refractivity contribution is 7.13. The molecule has 1 aliphatic rings. The highest BCUT2D eigenvalue weighted by Gasteiger charge is 2.32. The number of aryl methyl sites for hydroxylation is 2. The molecule has 5 rings (SSSR count). The van der Waals surface area contributed by atoms with E-state index in [0.29, 0.717) is 18.7 Å². The molecule has 0 saturated carbocycles. The Labute approximate surface area is 182 Å². The van der Waals surface area contributed by atoms with Gasteiger partial charge < -0.3 is 9.47 Å². The second kappa shape index (κ2) is 7.45. The fraction of sp³-hybridized carbons (Fsp3) is 0.273. The first-order valence-corrected chi connectivity index (χ1v) is 11.5. The second-order valence-electron chi connectivity index (χ2n) is 7.40. The average Bonchev–Trinajstić information content (AvgIpc) is 3.48. The third-order valence-corrected chi connectivity index (χ3v) is 7.30. The van der Waals surface area contributed by atoms with Crippen molar-refractivity contribution in [3.05, 3.63) is 63.1 Å². The number of hydrogen-bond acceptors (Lipinski definition) is 6. The van der Waals surface area contributed by atoms with E-state index in [0.717, 1.165) is 32.8 Å². The van der Waals surface area contributed by atoms with E-state index in [-0.39, 0.29) is 11.9 Å². The lowest BCUT2D eigenvalue weighted by atomic mass is 10.1. The Balaban J connectivity index is 1.40. The van der Waals surface area contributed by atoms with Gasteiger partial charge in [0.25, 0.3) is 5.91 Å². The maximum absolute atomic E-state index is 13.2. The molecule has 0 saturated heterocycles. The lowest BCUT2D eigenvalue weighted by Gasteiger charge is -2.33. The fourth-order valence-electron chi connectivity index (χ4n) is 3.96. The zero-order valence-electron chi connectivity index (χ0n) is 17.0. The summed E-state index contributed by atoms with van der Waals surface area (Å²) in [6.45, 7) is 7.36. The molecule has 1 aromatic carbocycles. The Morgan fingerprint density at radius 1 is 1.10 bits per heavy atom. The maximum Gasteiger partial charge on any atom is 0.254 e. The number of rotatable bonds is 3. The third-order valence-electron chi connectivity index (χ3n) is 5.50. The van der Waals surface area contributed by atoms with E-state index in [1.54, 1.807) is 22.7 Å². The number of carbonyl (C=O) groups excluding carboxylic acids is 1. The minimum atomic E-state index is -0.149. The first-order valence-electron chi connectivity index (χ1n) is 9.85. The van der Waals surface area contributed by atoms with E-state index in [4.69, 9.17) is 0 Å². The molecular formula is C22H21N5OS2. The van der Waals surface area contributed by atoms with Crippen LogP contribution in [0.5, 0.6) is 0 Å². The lowest BCUT2D eigenvalue weighted by Crippen LogP contribution is -2.41. The molecule has 0 fully saturated rings. The van der Waals surface area contributed by atoms with Gasteiger partial charge in [0.15, 0.2) is 11.6 Å². The molecule has 30 heavy (non-hydrogen) atoms. The van der Waals surface area contributed by atoms with Gasteiger partial charge in [-0.15, -0.1) is 32.9 Å². The molecule has 6 nitrogen and oxygen atoms in total. The highest BCUT2D eigenvalue weighted by Crippen LogP contribution is 2.32. The van der Waals surface area contributed by atoms with Crippen molar-refractivity contribution in [3.8, 4) is 22.0 Å². The summed E-state index contributed by atoms with van der Waals surface area (Å²) < 4.78 is 2.11. The van der Waals surface area contributed by atoms with Gasteiger partial charge in [-0.25, -0.2) is 4.98 Å². The van der Waals surface area contributed by atoms with Crippen molar-refractivity contribution in [3.63, 3.8) is 0 Å². The number of thiazole rings is 1. The summed E-state index contributed by atoms with van der Waals surface area (Å²) >= 11 is 3.36. The molecule has 0 N–H and O–H groups in total. The molecule has 152 valence electrons. The number of hydrogen-bond donors (Lipinski definition) is 0. The maximum atomic E-state index is 13.2. The van der Waals surface area contributed by atoms with Gasteiger partial charge in [-0.2, -0.15) is 0 Å². The minimum Gasteiger partial charge on any atom is -0.327 e. The molecule has 4 aromatic rings. The molecular weight excluding hydrogens is 414 g/mol. The molecule has 0 radical (unpaired) electrons. The van der Waals surface area contributed by atoms with Crippen LogP contribution in [0.3, 0.4) is 0 Å². The van der Waals surface area contributed by atoms with Crippen LogP contribution in [-0.2, 0) is 6.54 Å². The lowest BCUT2D eigenvalue weighted by molar-refractivity contribution is 0.0638. The summed E-state index contributed by atoms with van der Waals surface area (Å²) in [6.07, 6.45) is 0. The number of amides is 1. The second-order valence-corrected chi connectivity index (χ2v) is 9.76. The average molecular weight is 436 g/mol. The summed E-state index contributed by atoms with van der Waals surface area (Å²) in [4.78, 5) is 22.1. The Morgan fingerprint density at radius 3 is 2.57 bits per heavy atom. The van der Waals surface area contributed by atoms with Crippen LogP contribution in [0.15, 0.2) is 41.8 Å². The topological polar surface area (TPSA) is 63.9 Å². The summed E-state index contributed by atoms with van der Waals surface area (Å²) in [5.74, 6) is 1.63. The molecule has 1 amide bonds. The molecule has 0 bridgehead atoms. The summed E-state index contributed by atoms with van der Waals surface area (Å²) in [6, 6.07) is 11.8. The first kappa shape index (κ1) is 19.1. The largest absolute Gasteiger partial charge is 0.327 e. The van der Waals surface area contributed by atoms with Crippen molar-refractivity contribution in [1.82, 2.24) is 24.6 Å². The van der Waals surface area contributed by atoms with Gasteiger partial charge in [0.05, 0.1) is 11.0 Å². The van der Waals surface area contributed by atoms with Crippen LogP contribution in [0.2, 0.25) is 0 Å². The minimum absolute atomic E-state index is 0.0247. The van der Waals surface area contributed by atoms with Crippen molar-refractivity contribution in [2.45, 2.75) is 33.4 Å². The number of benzene rings is 1. The number of aromatic nitrogens is 4. The highest BCUT2D eigenvalue weighted by atomic mass is 32.1. The van der Waals surface area contributed by atoms with E-state index in [1.165, 1.54) is 4.88 Å². The summed E-state index contributed by atoms with van der Waals surface area (Å²) in [7, 11) is 0. The van der Waals surface area contributed by atoms with Crippen molar-refractivity contribution in [1.29, 1.82) is 0 Å². The predicted molar refractivity (Wildman–Crippen MR) is 120 cm³/mol. The number of thiophene rings is 1. The standard InChI is InChI=1S/C22H21N5OS2/c1-13-20-24-25-21(19-14(2)30-15(3)23-19)27(20)11-10-26(13)22(28)17-8-6-16(7-9-17)18-5-4-12-29-18/h4-9,12-13H,10-11H2,1-3H3. The molecule has 1 unspecified atom stereocenters. The smallest absolute Gasteiger partial charge is 0.254 e. The monoisotopic (exact) mass is 435 g/mol. The first-order chi connectivity index (χ1) is 14.5. The zero-order valence-corrected chi connectivity index (χ0v) is 18.6. The Hall–Kier alpha value is -2.84. The van der Waals surface area contributed by atoms with Gasteiger partial charge in [-0.05, 0) is 49.9 Å². The van der Waals surface area contributed by atoms with Gasteiger partial charge in [0.2, 0.25) is 0 Å². The predicted octanol–water partition coefficient (Wildman–Crippen LogP) is 4.96. The summed E-state index contributed by atoms with van der Waals surface area (Å²) in [5, 5.41) is 11.9. The number of carbonyl (C=O) groups is 1. The van der Waals surface area contributed by atoms with E-state index in [1.807, 2.05) is 49.1 Å². The van der Waals surface area contributed by atoms with Crippen molar-refractivity contribution < 1.29 is 4.79 Å². The van der Waals surface area contributed by atoms with Crippen molar-refractivity contribution in [2.75, 3.05) is 6.54 Å². The number of fused-ring (bicyclic) bond motifs is 1. The van der Waals surface area contributed by atoms with Gasteiger partial charge in [0, 0.05) is 28.4 Å². The Kier molecular flexibility index (Phi) is 4.75. The van der Waals surface area contributed by atoms with E-state index < -0.39 is 0 Å². The normalized spacial score (nSPS) is 16.0. The number of nitrogens with zero attached hydrogens (tertiary/aromatic N) is 5. The molecule has 1 aliphatic heterocycles. The molecule has 4 heterocycles. The molecule has 0 aliphatic carbocycles. The van der Waals surface area contributed by atoms with Crippen LogP contribution in [0.1, 0.15) is 39.0 Å². The molecule has 0 spiro atoms. The zero-order chi connectivity index (χ0) is 20.8. The van der Waals surface area contributed by atoms with Crippen molar-refractivity contribution >= 4 is 28.6 Å². The van der Waals surface area contributed by atoms with Gasteiger partial charge in [0.1, 0.15) is 5.69 Å². The van der Waals surface area contributed by atoms with E-state index >= 15 is 0 Å². The molecule has 3 aromatic heterocycles. The van der Waals surface area contributed by atoms with Crippen LogP contribution >= 0.6 is 22.7 Å². The SMILES string of the molecule is Cc1nc(-c2nnc3n2CCN(C(=O)c2ccc(-c4cccs4)cc2)C3C)c(C)s1. The van der Waals surface area contributed by atoms with Crippen LogP contribution in [0.25, 0.3) is 22.0 Å². The van der Waals surface area contributed by atoms with Crippen LogP contribution in [0.4, 0.5) is 0 Å². The molecule has 1 atom stereocenters. The van der Waals surface area contributed by atoms with E-state index in [9.17, 15) is 4.79 Å². The van der Waals surface area contributed by atoms with Gasteiger partial charge >= 0.3 is 0 Å². The Morgan fingerprint density at radius 2 is 1.90 bits per heavy atom. The van der Waals surface area contributed by atoms with Gasteiger partial charge in [-0.3, -0.25) is 4.79 Å². The third kappa shape index (κ3) is 3.16. The van der Waals surface area contributed by atoms with Crippen LogP contribution < -0.4 is 0 Å². The van der Waals surface area contributed by atoms with Crippen LogP contribution in [-0.4, -0.2) is 37.1 Å². The van der Waals surface area contributed by atoms with Gasteiger partial charge in [-0.1, -0.05) is 18.2 Å².